The van der Waals surface area contributed by atoms with E-state index in [0.29, 0.717) is 5.92 Å². The molecule has 1 aromatic heterocycles. The zero-order chi connectivity index (χ0) is 19.7. The molecule has 2 saturated carbocycles. The van der Waals surface area contributed by atoms with Crippen LogP contribution >= 0.6 is 0 Å². The van der Waals surface area contributed by atoms with Crippen LogP contribution in [0.15, 0.2) is 42.5 Å². The molecule has 0 unspecified atom stereocenters. The smallest absolute Gasteiger partial charge is 0.419 e. The molecule has 2 bridgehead atoms. The Morgan fingerprint density at radius 3 is 2.57 bits per heavy atom. The van der Waals surface area contributed by atoms with E-state index in [1.54, 1.807) is 4.57 Å². The second-order valence-electron chi connectivity index (χ2n) is 9.21. The number of hydrogen-bond donors (Lipinski definition) is 0. The van der Waals surface area contributed by atoms with Gasteiger partial charge in [-0.05, 0) is 48.8 Å². The highest BCUT2D eigenvalue weighted by Crippen LogP contribution is 2.66. The molecule has 28 heavy (non-hydrogen) atoms. The van der Waals surface area contributed by atoms with Crippen molar-refractivity contribution in [3.63, 3.8) is 0 Å². The van der Waals surface area contributed by atoms with Crippen LogP contribution < -0.4 is 0 Å². The van der Waals surface area contributed by atoms with E-state index in [9.17, 15) is 4.79 Å². The predicted octanol–water partition coefficient (Wildman–Crippen LogP) is 5.98. The highest BCUT2D eigenvalue weighted by atomic mass is 16.6. The normalized spacial score (nSPS) is 27.9. The third-order valence-corrected chi connectivity index (χ3v) is 7.98. The Labute approximate surface area is 165 Å². The lowest BCUT2D eigenvalue weighted by Gasteiger charge is -2.38. The molecule has 0 radical (unpaired) electrons. The summed E-state index contributed by atoms with van der Waals surface area (Å²) in [5.41, 5.74) is 2.68. The predicted molar refractivity (Wildman–Crippen MR) is 112 cm³/mol. The highest BCUT2D eigenvalue weighted by Gasteiger charge is 2.63. The van der Waals surface area contributed by atoms with Gasteiger partial charge in [0, 0.05) is 21.8 Å². The van der Waals surface area contributed by atoms with Crippen molar-refractivity contribution in [2.75, 3.05) is 0 Å². The molecule has 0 N–H and O–H groups in total. The van der Waals surface area contributed by atoms with Crippen molar-refractivity contribution in [3.05, 3.63) is 48.0 Å². The van der Waals surface area contributed by atoms with Gasteiger partial charge in [0.15, 0.2) is 0 Å². The summed E-state index contributed by atoms with van der Waals surface area (Å²) in [5.74, 6) is 3.30. The van der Waals surface area contributed by atoms with Gasteiger partial charge in [-0.2, -0.15) is 0 Å². The first-order valence-corrected chi connectivity index (χ1v) is 10.1. The maximum Gasteiger partial charge on any atom is 0.419 e. The molecule has 0 aliphatic heterocycles. The second kappa shape index (κ2) is 5.64. The molecule has 2 aromatic carbocycles. The number of rotatable bonds is 1. The van der Waals surface area contributed by atoms with Crippen LogP contribution in [-0.4, -0.2) is 16.8 Å². The minimum absolute atomic E-state index is 0.0378. The number of terminal acetylenes is 1. The molecule has 3 heteroatoms. The van der Waals surface area contributed by atoms with Gasteiger partial charge in [0.1, 0.15) is 6.10 Å². The van der Waals surface area contributed by atoms with Gasteiger partial charge in [0.2, 0.25) is 0 Å². The monoisotopic (exact) mass is 371 g/mol. The second-order valence-corrected chi connectivity index (χ2v) is 9.21. The molecule has 0 amide bonds. The van der Waals surface area contributed by atoms with Crippen molar-refractivity contribution < 1.29 is 9.53 Å². The molecule has 2 fully saturated rings. The van der Waals surface area contributed by atoms with Crippen molar-refractivity contribution in [3.8, 4) is 12.3 Å². The SMILES string of the molecule is C#Cc1ccc2c3ccccc3n(C(=O)O[C@@H]3C[C@@H]4CC[C@@]3(C)C4(C)C)c2c1. The van der Waals surface area contributed by atoms with E-state index in [0.717, 1.165) is 40.2 Å². The Balaban J connectivity index is 1.61. The summed E-state index contributed by atoms with van der Waals surface area (Å²) in [4.78, 5) is 13.4. The van der Waals surface area contributed by atoms with E-state index in [1.165, 1.54) is 6.42 Å². The summed E-state index contributed by atoms with van der Waals surface area (Å²) in [6, 6.07) is 13.8. The number of aromatic nitrogens is 1. The maximum atomic E-state index is 13.4. The molecule has 5 rings (SSSR count). The minimum atomic E-state index is -0.296. The summed E-state index contributed by atoms with van der Waals surface area (Å²) in [6.07, 6.45) is 8.59. The lowest BCUT2D eigenvalue weighted by Crippen LogP contribution is -2.39. The van der Waals surface area contributed by atoms with Crippen molar-refractivity contribution in [1.29, 1.82) is 0 Å². The summed E-state index contributed by atoms with van der Waals surface area (Å²) in [7, 11) is 0. The van der Waals surface area contributed by atoms with Gasteiger partial charge in [0.25, 0.3) is 0 Å². The van der Waals surface area contributed by atoms with E-state index >= 15 is 0 Å². The molecule has 142 valence electrons. The van der Waals surface area contributed by atoms with E-state index in [-0.39, 0.29) is 23.0 Å². The van der Waals surface area contributed by atoms with Crippen molar-refractivity contribution in [2.45, 2.75) is 46.1 Å². The average Bonchev–Trinajstić information content (AvgIpc) is 3.20. The topological polar surface area (TPSA) is 31.2 Å². The van der Waals surface area contributed by atoms with E-state index in [1.807, 2.05) is 42.5 Å². The third-order valence-electron chi connectivity index (χ3n) is 7.98. The first-order chi connectivity index (χ1) is 13.4. The number of fused-ring (bicyclic) bond motifs is 5. The molecule has 2 aliphatic rings. The summed E-state index contributed by atoms with van der Waals surface area (Å²) in [6.45, 7) is 6.95. The molecule has 2 aliphatic carbocycles. The van der Waals surface area contributed by atoms with Gasteiger partial charge in [-0.1, -0.05) is 51.0 Å². The number of carbonyl (C=O) groups is 1. The Hall–Kier alpha value is -2.73. The number of hydrogen-bond acceptors (Lipinski definition) is 2. The summed E-state index contributed by atoms with van der Waals surface area (Å²) >= 11 is 0. The molecule has 3 atom stereocenters. The van der Waals surface area contributed by atoms with Gasteiger partial charge < -0.3 is 4.74 Å². The number of nitrogens with zero attached hydrogens (tertiary/aromatic N) is 1. The molecule has 0 saturated heterocycles. The van der Waals surface area contributed by atoms with Gasteiger partial charge in [-0.15, -0.1) is 6.42 Å². The largest absolute Gasteiger partial charge is 0.445 e. The number of para-hydroxylation sites is 1. The molecule has 1 heterocycles. The van der Waals surface area contributed by atoms with E-state index in [4.69, 9.17) is 11.2 Å². The quantitative estimate of drug-likeness (QED) is 0.493. The molecular formula is C25H25NO2. The molecule has 0 spiro atoms. The lowest BCUT2D eigenvalue weighted by molar-refractivity contribution is -0.00296. The zero-order valence-electron chi connectivity index (χ0n) is 16.7. The van der Waals surface area contributed by atoms with Crippen LogP contribution in [0.5, 0.6) is 0 Å². The van der Waals surface area contributed by atoms with Gasteiger partial charge in [-0.3, -0.25) is 0 Å². The highest BCUT2D eigenvalue weighted by molar-refractivity contribution is 6.12. The van der Waals surface area contributed by atoms with Gasteiger partial charge in [-0.25, -0.2) is 9.36 Å². The first kappa shape index (κ1) is 17.4. The van der Waals surface area contributed by atoms with Gasteiger partial charge >= 0.3 is 6.09 Å². The fourth-order valence-corrected chi connectivity index (χ4v) is 5.74. The summed E-state index contributed by atoms with van der Waals surface area (Å²) in [5, 5.41) is 2.06. The molecular weight excluding hydrogens is 346 g/mol. The number of benzene rings is 2. The first-order valence-electron chi connectivity index (χ1n) is 10.1. The fraction of sp³-hybridized carbons (Fsp3) is 0.400. The maximum absolute atomic E-state index is 13.4. The minimum Gasteiger partial charge on any atom is -0.445 e. The number of carbonyl (C=O) groups excluding carboxylic acids is 1. The van der Waals surface area contributed by atoms with Crippen LogP contribution in [0.1, 0.15) is 45.6 Å². The van der Waals surface area contributed by atoms with Crippen LogP contribution in [0.3, 0.4) is 0 Å². The zero-order valence-corrected chi connectivity index (χ0v) is 16.7. The Morgan fingerprint density at radius 1 is 1.14 bits per heavy atom. The van der Waals surface area contributed by atoms with Gasteiger partial charge in [0.05, 0.1) is 11.0 Å². The van der Waals surface area contributed by atoms with E-state index < -0.39 is 0 Å². The fourth-order valence-electron chi connectivity index (χ4n) is 5.74. The Morgan fingerprint density at radius 2 is 1.89 bits per heavy atom. The average molecular weight is 371 g/mol. The van der Waals surface area contributed by atoms with Crippen molar-refractivity contribution >= 4 is 27.9 Å². The van der Waals surface area contributed by atoms with Crippen LogP contribution in [0.25, 0.3) is 21.8 Å². The Kier molecular flexibility index (Phi) is 3.50. The summed E-state index contributed by atoms with van der Waals surface area (Å²) < 4.78 is 7.89. The molecule has 3 aromatic rings. The van der Waals surface area contributed by atoms with Crippen LogP contribution in [0, 0.1) is 29.1 Å². The standard InChI is InChI=1S/C25H25NO2/c1-5-16-10-11-19-18-8-6-7-9-20(18)26(21(19)14-16)23(27)28-22-15-17-12-13-25(22,4)24(17,2)3/h1,6-11,14,17,22H,12-13,15H2,2-4H3/t17-,22+,25+/m0/s1. The van der Waals surface area contributed by atoms with Crippen LogP contribution in [0.2, 0.25) is 0 Å². The van der Waals surface area contributed by atoms with Crippen LogP contribution in [0.4, 0.5) is 4.79 Å². The lowest BCUT2D eigenvalue weighted by atomic mass is 9.70. The van der Waals surface area contributed by atoms with Crippen molar-refractivity contribution in [1.82, 2.24) is 4.57 Å². The van der Waals surface area contributed by atoms with Crippen LogP contribution in [-0.2, 0) is 4.74 Å². The third kappa shape index (κ3) is 2.09. The number of ether oxygens (including phenoxy) is 1. The van der Waals surface area contributed by atoms with Crippen molar-refractivity contribution in [2.24, 2.45) is 16.7 Å². The Bertz CT molecular complexity index is 1160. The van der Waals surface area contributed by atoms with E-state index in [2.05, 4.69) is 26.7 Å². The molecule has 3 nitrogen and oxygen atoms in total.